The summed E-state index contributed by atoms with van der Waals surface area (Å²) in [5, 5.41) is 1.22. The van der Waals surface area contributed by atoms with E-state index in [1.807, 2.05) is 25.9 Å². The number of nitrogens with zero attached hydrogens (tertiary/aromatic N) is 2. The van der Waals surface area contributed by atoms with Crippen LogP contribution in [-0.2, 0) is 4.79 Å². The van der Waals surface area contributed by atoms with Gasteiger partial charge in [0.25, 0.3) is 0 Å². The van der Waals surface area contributed by atoms with Crippen molar-refractivity contribution >= 4 is 22.9 Å². The Morgan fingerprint density at radius 1 is 1.37 bits per heavy atom. The molecule has 0 radical (unpaired) electrons. The van der Waals surface area contributed by atoms with Crippen LogP contribution in [0.15, 0.2) is 0 Å². The van der Waals surface area contributed by atoms with Gasteiger partial charge in [-0.15, -0.1) is 11.3 Å². The number of thiazole rings is 1. The number of aryl methyl sites for hydroxylation is 1. The number of carbonyl (C=O) groups excluding carboxylic acids is 1. The predicted molar refractivity (Wildman–Crippen MR) is 80.3 cm³/mol. The van der Waals surface area contributed by atoms with E-state index in [2.05, 4.69) is 5.94 Å². The van der Waals surface area contributed by atoms with E-state index in [-0.39, 0.29) is 0 Å². The molecule has 104 valence electrons. The zero-order chi connectivity index (χ0) is 13.8. The minimum Gasteiger partial charge on any atom is -0.304 e. The van der Waals surface area contributed by atoms with Gasteiger partial charge in [0, 0.05) is 12.5 Å². The van der Waals surface area contributed by atoms with Gasteiger partial charge in [0.15, 0.2) is 0 Å². The van der Waals surface area contributed by atoms with Crippen LogP contribution in [0.2, 0.25) is 0 Å². The molecule has 0 aliphatic heterocycles. The SMILES string of the molecule is Cc1nc(C2CCCCC2)sc1C(=C=O)CN(C)C. The molecule has 1 heterocycles. The molecule has 1 aliphatic rings. The van der Waals surface area contributed by atoms with E-state index in [4.69, 9.17) is 4.98 Å². The second-order valence-electron chi connectivity index (χ2n) is 5.62. The van der Waals surface area contributed by atoms with E-state index in [0.717, 1.165) is 16.1 Å². The molecule has 0 atom stereocenters. The highest BCUT2D eigenvalue weighted by Gasteiger charge is 2.21. The third-order valence-corrected chi connectivity index (χ3v) is 5.02. The molecule has 0 aromatic carbocycles. The van der Waals surface area contributed by atoms with Crippen LogP contribution in [0.4, 0.5) is 0 Å². The van der Waals surface area contributed by atoms with Gasteiger partial charge in [0.1, 0.15) is 5.94 Å². The number of aromatic nitrogens is 1. The maximum absolute atomic E-state index is 11.2. The Labute approximate surface area is 119 Å². The van der Waals surface area contributed by atoms with Crippen LogP contribution < -0.4 is 0 Å². The van der Waals surface area contributed by atoms with Gasteiger partial charge < -0.3 is 4.90 Å². The second-order valence-corrected chi connectivity index (χ2v) is 6.65. The van der Waals surface area contributed by atoms with Gasteiger partial charge in [0.2, 0.25) is 0 Å². The third kappa shape index (κ3) is 3.53. The Bertz CT molecular complexity index is 480. The molecule has 0 amide bonds. The average Bonchev–Trinajstić information content (AvgIpc) is 2.79. The molecule has 4 heteroatoms. The summed E-state index contributed by atoms with van der Waals surface area (Å²) < 4.78 is 0. The standard InChI is InChI=1S/C15H22N2OS/c1-11-14(13(10-18)9-17(2)3)19-15(16-11)12-7-5-4-6-8-12/h12H,4-9H2,1-3H3. The fourth-order valence-electron chi connectivity index (χ4n) is 2.69. The Hall–Kier alpha value is -0.960. The van der Waals surface area contributed by atoms with Gasteiger partial charge in [-0.1, -0.05) is 19.3 Å². The van der Waals surface area contributed by atoms with Gasteiger partial charge in [-0.05, 0) is 33.9 Å². The summed E-state index contributed by atoms with van der Waals surface area (Å²) >= 11 is 1.70. The number of hydrogen-bond donors (Lipinski definition) is 0. The number of rotatable bonds is 4. The Morgan fingerprint density at radius 2 is 2.05 bits per heavy atom. The zero-order valence-electron chi connectivity index (χ0n) is 12.0. The summed E-state index contributed by atoms with van der Waals surface area (Å²) in [7, 11) is 3.94. The van der Waals surface area contributed by atoms with Gasteiger partial charge in [0.05, 0.1) is 21.2 Å². The molecule has 0 bridgehead atoms. The van der Waals surface area contributed by atoms with Crippen molar-refractivity contribution < 1.29 is 4.79 Å². The summed E-state index contributed by atoms with van der Waals surface area (Å²) in [6, 6.07) is 0. The monoisotopic (exact) mass is 278 g/mol. The first-order valence-corrected chi connectivity index (χ1v) is 7.80. The highest BCUT2D eigenvalue weighted by molar-refractivity contribution is 7.13. The first-order valence-electron chi connectivity index (χ1n) is 6.98. The van der Waals surface area contributed by atoms with Gasteiger partial charge in [-0.3, -0.25) is 0 Å². The van der Waals surface area contributed by atoms with Crippen molar-refractivity contribution in [2.24, 2.45) is 0 Å². The molecule has 0 N–H and O–H groups in total. The van der Waals surface area contributed by atoms with Crippen molar-refractivity contribution in [3.8, 4) is 0 Å². The van der Waals surface area contributed by atoms with Crippen molar-refractivity contribution in [3.05, 3.63) is 15.6 Å². The van der Waals surface area contributed by atoms with Crippen LogP contribution >= 0.6 is 11.3 Å². The van der Waals surface area contributed by atoms with Crippen molar-refractivity contribution in [1.82, 2.24) is 9.88 Å². The van der Waals surface area contributed by atoms with Crippen LogP contribution in [0.25, 0.3) is 5.57 Å². The summed E-state index contributed by atoms with van der Waals surface area (Å²) in [4.78, 5) is 18.9. The molecule has 0 saturated heterocycles. The maximum atomic E-state index is 11.2. The Kier molecular flexibility index (Phi) is 4.92. The van der Waals surface area contributed by atoms with Gasteiger partial charge in [-0.2, -0.15) is 0 Å². The number of hydrogen-bond acceptors (Lipinski definition) is 4. The largest absolute Gasteiger partial charge is 0.304 e. The first kappa shape index (κ1) is 14.4. The summed E-state index contributed by atoms with van der Waals surface area (Å²) in [5.41, 5.74) is 1.73. The molecule has 1 aliphatic carbocycles. The minimum absolute atomic E-state index is 0.610. The summed E-state index contributed by atoms with van der Waals surface area (Å²) in [6.45, 7) is 2.64. The fourth-order valence-corrected chi connectivity index (χ4v) is 3.90. The van der Waals surface area contributed by atoms with Crippen LogP contribution in [0, 0.1) is 6.92 Å². The molecular formula is C15H22N2OS. The van der Waals surface area contributed by atoms with E-state index < -0.39 is 0 Å². The van der Waals surface area contributed by atoms with E-state index in [1.54, 1.807) is 11.3 Å². The molecular weight excluding hydrogens is 256 g/mol. The lowest BCUT2D eigenvalue weighted by Crippen LogP contribution is -2.14. The molecule has 0 spiro atoms. The van der Waals surface area contributed by atoms with Gasteiger partial charge >= 0.3 is 0 Å². The van der Waals surface area contributed by atoms with Crippen molar-refractivity contribution in [1.29, 1.82) is 0 Å². The highest BCUT2D eigenvalue weighted by atomic mass is 32.1. The molecule has 2 rings (SSSR count). The average molecular weight is 278 g/mol. The summed E-state index contributed by atoms with van der Waals surface area (Å²) in [6.07, 6.45) is 6.48. The van der Waals surface area contributed by atoms with E-state index in [9.17, 15) is 4.79 Å². The van der Waals surface area contributed by atoms with Crippen LogP contribution in [0.1, 0.15) is 53.6 Å². The topological polar surface area (TPSA) is 33.2 Å². The maximum Gasteiger partial charge on any atom is 0.130 e. The summed E-state index contributed by atoms with van der Waals surface area (Å²) in [5.74, 6) is 2.71. The molecule has 1 saturated carbocycles. The minimum atomic E-state index is 0.610. The van der Waals surface area contributed by atoms with Crippen LogP contribution in [0.5, 0.6) is 0 Å². The predicted octanol–water partition coefficient (Wildman–Crippen LogP) is 3.28. The lowest BCUT2D eigenvalue weighted by atomic mass is 9.90. The quantitative estimate of drug-likeness (QED) is 0.793. The van der Waals surface area contributed by atoms with Crippen molar-refractivity contribution in [2.45, 2.75) is 44.9 Å². The van der Waals surface area contributed by atoms with Crippen LogP contribution in [-0.4, -0.2) is 36.5 Å². The molecule has 19 heavy (non-hydrogen) atoms. The van der Waals surface area contributed by atoms with Crippen molar-refractivity contribution in [3.63, 3.8) is 0 Å². The lowest BCUT2D eigenvalue weighted by Gasteiger charge is -2.18. The molecule has 1 fully saturated rings. The van der Waals surface area contributed by atoms with Crippen molar-refractivity contribution in [2.75, 3.05) is 20.6 Å². The fraction of sp³-hybridized carbons (Fsp3) is 0.667. The second kappa shape index (κ2) is 6.47. The molecule has 0 unspecified atom stereocenters. The third-order valence-electron chi connectivity index (χ3n) is 3.64. The van der Waals surface area contributed by atoms with E-state index in [0.29, 0.717) is 12.5 Å². The highest BCUT2D eigenvalue weighted by Crippen LogP contribution is 2.37. The molecule has 1 aromatic heterocycles. The van der Waals surface area contributed by atoms with Crippen LogP contribution in [0.3, 0.4) is 0 Å². The Balaban J connectivity index is 2.22. The van der Waals surface area contributed by atoms with Gasteiger partial charge in [-0.25, -0.2) is 9.78 Å². The molecule has 1 aromatic rings. The zero-order valence-corrected chi connectivity index (χ0v) is 12.8. The normalized spacial score (nSPS) is 16.6. The molecule has 3 nitrogen and oxygen atoms in total. The lowest BCUT2D eigenvalue weighted by molar-refractivity contribution is 0.442. The Morgan fingerprint density at radius 3 is 2.63 bits per heavy atom. The van der Waals surface area contributed by atoms with E-state index in [1.165, 1.54) is 37.1 Å². The first-order chi connectivity index (χ1) is 9.11. The van der Waals surface area contributed by atoms with E-state index >= 15 is 0 Å². The smallest absolute Gasteiger partial charge is 0.130 e. The number of likely N-dealkylation sites (N-methyl/N-ethyl adjacent to an activating group) is 1.